The fourth-order valence-electron chi connectivity index (χ4n) is 3.46. The molecule has 130 valence electrons. The predicted molar refractivity (Wildman–Crippen MR) is 95.1 cm³/mol. The summed E-state index contributed by atoms with van der Waals surface area (Å²) in [7, 11) is 1.31. The topological polar surface area (TPSA) is 52.6 Å². The SMILES string of the molecule is COC(=O)C1(Cc2ccccc2-c2ccccc2)COC(C)(C)C1=O. The first-order valence-electron chi connectivity index (χ1n) is 8.31. The van der Waals surface area contributed by atoms with Gasteiger partial charge in [-0.2, -0.15) is 0 Å². The highest BCUT2D eigenvalue weighted by atomic mass is 16.5. The monoisotopic (exact) mass is 338 g/mol. The molecule has 4 heteroatoms. The van der Waals surface area contributed by atoms with E-state index in [1.54, 1.807) is 13.8 Å². The van der Waals surface area contributed by atoms with Crippen molar-refractivity contribution in [3.05, 3.63) is 60.2 Å². The Morgan fingerprint density at radius 3 is 2.32 bits per heavy atom. The molecule has 0 N–H and O–H groups in total. The van der Waals surface area contributed by atoms with Crippen molar-refractivity contribution >= 4 is 11.8 Å². The second-order valence-corrected chi connectivity index (χ2v) is 6.90. The normalized spacial score (nSPS) is 22.0. The van der Waals surface area contributed by atoms with Crippen LogP contribution in [0.2, 0.25) is 0 Å². The van der Waals surface area contributed by atoms with Gasteiger partial charge in [-0.25, -0.2) is 0 Å². The summed E-state index contributed by atoms with van der Waals surface area (Å²) in [6, 6.07) is 17.7. The Labute approximate surface area is 147 Å². The summed E-state index contributed by atoms with van der Waals surface area (Å²) in [5.41, 5.74) is 0.681. The highest BCUT2D eigenvalue weighted by molar-refractivity contribution is 6.09. The lowest BCUT2D eigenvalue weighted by atomic mass is 9.74. The van der Waals surface area contributed by atoms with Crippen LogP contribution >= 0.6 is 0 Å². The molecule has 0 amide bonds. The molecule has 1 unspecified atom stereocenters. The molecule has 4 nitrogen and oxygen atoms in total. The van der Waals surface area contributed by atoms with Gasteiger partial charge < -0.3 is 9.47 Å². The molecule has 1 heterocycles. The standard InChI is InChI=1S/C21H22O4/c1-20(2)18(22)21(14-25-20,19(23)24-3)13-16-11-7-8-12-17(16)15-9-5-4-6-10-15/h4-12H,13-14H2,1-3H3. The van der Waals surface area contributed by atoms with Gasteiger partial charge in [0.05, 0.1) is 13.7 Å². The number of methoxy groups -OCH3 is 1. The largest absolute Gasteiger partial charge is 0.468 e. The molecule has 2 aromatic rings. The molecule has 0 spiro atoms. The third-order valence-electron chi connectivity index (χ3n) is 4.83. The Kier molecular flexibility index (Phi) is 4.48. The van der Waals surface area contributed by atoms with Crippen molar-refractivity contribution in [1.82, 2.24) is 0 Å². The maximum atomic E-state index is 13.0. The van der Waals surface area contributed by atoms with Gasteiger partial charge in [0.1, 0.15) is 5.60 Å². The van der Waals surface area contributed by atoms with Crippen LogP contribution in [0.5, 0.6) is 0 Å². The Bertz CT molecular complexity index is 795. The number of carbonyl (C=O) groups is 2. The van der Waals surface area contributed by atoms with Crippen molar-refractivity contribution in [3.8, 4) is 11.1 Å². The average Bonchev–Trinajstić information content (AvgIpc) is 2.87. The number of hydrogen-bond donors (Lipinski definition) is 0. The van der Waals surface area contributed by atoms with E-state index in [9.17, 15) is 9.59 Å². The molecule has 0 aliphatic carbocycles. The van der Waals surface area contributed by atoms with E-state index >= 15 is 0 Å². The Hall–Kier alpha value is -2.46. The molecule has 0 radical (unpaired) electrons. The highest BCUT2D eigenvalue weighted by Gasteiger charge is 2.59. The number of esters is 1. The number of rotatable bonds is 4. The van der Waals surface area contributed by atoms with Gasteiger partial charge in [0, 0.05) is 0 Å². The molecule has 3 rings (SSSR count). The molecule has 2 aromatic carbocycles. The zero-order chi connectivity index (χ0) is 18.1. The fourth-order valence-corrected chi connectivity index (χ4v) is 3.46. The van der Waals surface area contributed by atoms with Crippen LogP contribution in [0.4, 0.5) is 0 Å². The lowest BCUT2D eigenvalue weighted by Gasteiger charge is -2.25. The quantitative estimate of drug-likeness (QED) is 0.633. The van der Waals surface area contributed by atoms with Crippen molar-refractivity contribution in [1.29, 1.82) is 0 Å². The van der Waals surface area contributed by atoms with Gasteiger partial charge in [0.25, 0.3) is 0 Å². The third kappa shape index (κ3) is 2.98. The van der Waals surface area contributed by atoms with Crippen molar-refractivity contribution in [2.24, 2.45) is 5.41 Å². The van der Waals surface area contributed by atoms with Crippen LogP contribution in [-0.4, -0.2) is 31.1 Å². The number of ether oxygens (including phenoxy) is 2. The summed E-state index contributed by atoms with van der Waals surface area (Å²) >= 11 is 0. The summed E-state index contributed by atoms with van der Waals surface area (Å²) in [5.74, 6) is -0.763. The first kappa shape index (κ1) is 17.4. The maximum Gasteiger partial charge on any atom is 0.322 e. The van der Waals surface area contributed by atoms with Crippen LogP contribution in [0.15, 0.2) is 54.6 Å². The maximum absolute atomic E-state index is 13.0. The van der Waals surface area contributed by atoms with E-state index in [-0.39, 0.29) is 18.8 Å². The van der Waals surface area contributed by atoms with E-state index in [1.807, 2.05) is 54.6 Å². The predicted octanol–water partition coefficient (Wildman–Crippen LogP) is 3.43. The Morgan fingerprint density at radius 1 is 1.08 bits per heavy atom. The number of benzene rings is 2. The van der Waals surface area contributed by atoms with Gasteiger partial charge >= 0.3 is 5.97 Å². The summed E-state index contributed by atoms with van der Waals surface area (Å²) in [4.78, 5) is 25.5. The van der Waals surface area contributed by atoms with Gasteiger partial charge in [-0.1, -0.05) is 54.6 Å². The summed E-state index contributed by atoms with van der Waals surface area (Å²) in [6.45, 7) is 3.43. The zero-order valence-corrected chi connectivity index (χ0v) is 14.7. The van der Waals surface area contributed by atoms with Gasteiger partial charge in [-0.15, -0.1) is 0 Å². The van der Waals surface area contributed by atoms with Crippen molar-refractivity contribution in [2.75, 3.05) is 13.7 Å². The van der Waals surface area contributed by atoms with Crippen LogP contribution in [-0.2, 0) is 25.5 Å². The minimum absolute atomic E-state index is 0.0363. The van der Waals surface area contributed by atoms with E-state index in [4.69, 9.17) is 9.47 Å². The summed E-state index contributed by atoms with van der Waals surface area (Å²) < 4.78 is 10.6. The van der Waals surface area contributed by atoms with Crippen LogP contribution in [0.1, 0.15) is 19.4 Å². The van der Waals surface area contributed by atoms with Crippen molar-refractivity contribution in [3.63, 3.8) is 0 Å². The number of carbonyl (C=O) groups excluding carboxylic acids is 2. The molecule has 0 saturated carbocycles. The molecule has 0 aromatic heterocycles. The van der Waals surface area contributed by atoms with Crippen LogP contribution in [0, 0.1) is 5.41 Å². The van der Waals surface area contributed by atoms with E-state index in [0.717, 1.165) is 16.7 Å². The van der Waals surface area contributed by atoms with E-state index < -0.39 is 17.0 Å². The molecule has 1 fully saturated rings. The Balaban J connectivity index is 2.06. The van der Waals surface area contributed by atoms with Gasteiger partial charge in [0.15, 0.2) is 11.2 Å². The van der Waals surface area contributed by atoms with Crippen LogP contribution < -0.4 is 0 Å². The Morgan fingerprint density at radius 2 is 1.72 bits per heavy atom. The van der Waals surface area contributed by atoms with Gasteiger partial charge in [-0.3, -0.25) is 9.59 Å². The smallest absolute Gasteiger partial charge is 0.322 e. The molecule has 25 heavy (non-hydrogen) atoms. The third-order valence-corrected chi connectivity index (χ3v) is 4.83. The lowest BCUT2D eigenvalue weighted by molar-refractivity contribution is -0.156. The first-order valence-corrected chi connectivity index (χ1v) is 8.31. The average molecular weight is 338 g/mol. The molecular weight excluding hydrogens is 316 g/mol. The summed E-state index contributed by atoms with van der Waals surface area (Å²) in [6.07, 6.45) is 0.257. The minimum Gasteiger partial charge on any atom is -0.468 e. The van der Waals surface area contributed by atoms with Crippen molar-refractivity contribution in [2.45, 2.75) is 25.9 Å². The molecule has 1 aliphatic rings. The van der Waals surface area contributed by atoms with E-state index in [1.165, 1.54) is 7.11 Å². The molecule has 1 saturated heterocycles. The zero-order valence-electron chi connectivity index (χ0n) is 14.7. The van der Waals surface area contributed by atoms with E-state index in [0.29, 0.717) is 0 Å². The van der Waals surface area contributed by atoms with Gasteiger partial charge in [0.2, 0.25) is 0 Å². The molecule has 1 aliphatic heterocycles. The number of hydrogen-bond acceptors (Lipinski definition) is 4. The second kappa shape index (κ2) is 6.45. The summed E-state index contributed by atoms with van der Waals surface area (Å²) in [5, 5.41) is 0. The van der Waals surface area contributed by atoms with Crippen LogP contribution in [0.3, 0.4) is 0 Å². The first-order chi connectivity index (χ1) is 11.9. The second-order valence-electron chi connectivity index (χ2n) is 6.90. The van der Waals surface area contributed by atoms with Gasteiger partial charge in [-0.05, 0) is 37.0 Å². The van der Waals surface area contributed by atoms with Crippen molar-refractivity contribution < 1.29 is 19.1 Å². The van der Waals surface area contributed by atoms with Crippen LogP contribution in [0.25, 0.3) is 11.1 Å². The lowest BCUT2D eigenvalue weighted by Crippen LogP contribution is -2.45. The molecule has 1 atom stereocenters. The highest BCUT2D eigenvalue weighted by Crippen LogP contribution is 2.41. The fraction of sp³-hybridized carbons (Fsp3) is 0.333. The van der Waals surface area contributed by atoms with E-state index in [2.05, 4.69) is 0 Å². The molecular formula is C21H22O4. The minimum atomic E-state index is -1.30. The number of ketones is 1. The molecule has 0 bridgehead atoms. The number of Topliss-reactive ketones (excluding diaryl/α,β-unsaturated/α-hetero) is 1.